The number of halogens is 2. The number of benzene rings is 1. The molecule has 0 unspecified atom stereocenters. The number of hydrogen-bond donors (Lipinski definition) is 0. The van der Waals surface area contributed by atoms with E-state index in [-0.39, 0.29) is 23.9 Å². The molecule has 0 bridgehead atoms. The highest BCUT2D eigenvalue weighted by Crippen LogP contribution is 2.29. The van der Waals surface area contributed by atoms with Crippen LogP contribution in [0.25, 0.3) is 11.0 Å². The van der Waals surface area contributed by atoms with Gasteiger partial charge < -0.3 is 18.9 Å². The maximum Gasteiger partial charge on any atom is 0.291 e. The fourth-order valence-electron chi connectivity index (χ4n) is 3.68. The molecule has 0 saturated carbocycles. The molecular weight excluding hydrogens is 376 g/mol. The summed E-state index contributed by atoms with van der Waals surface area (Å²) in [6, 6.07) is 7.18. The van der Waals surface area contributed by atoms with Gasteiger partial charge in [0.25, 0.3) is 5.76 Å². The number of amides is 1. The van der Waals surface area contributed by atoms with Crippen molar-refractivity contribution in [3.63, 3.8) is 0 Å². The second kappa shape index (κ2) is 8.12. The molecule has 1 aromatic heterocycles. The normalized spacial score (nSPS) is 19.4. The Bertz CT molecular complexity index is 802. The molecule has 6 nitrogen and oxygen atoms in total. The number of likely N-dealkylation sites (tertiary alicyclic amines) is 1. The molecule has 0 spiro atoms. The van der Waals surface area contributed by atoms with Gasteiger partial charge in [-0.3, -0.25) is 4.79 Å². The standard InChI is InChI=1S/C18H21F2N3O3S/c19-17(20)27-18-21-13-3-1-2-4-14(13)23(18)11-15(24)22-7-5-12(6-8-22)16-25-9-10-26-16/h1-4,12,16-17H,5-11H2. The Labute approximate surface area is 159 Å². The number of thioether (sulfide) groups is 1. The number of carbonyl (C=O) groups excluding carboxylic acids is 1. The SMILES string of the molecule is O=C(Cn1c(SC(F)F)nc2ccccc21)N1CCC(C2OCCO2)CC1. The summed E-state index contributed by atoms with van der Waals surface area (Å²) in [5.74, 6) is -2.37. The molecule has 0 atom stereocenters. The summed E-state index contributed by atoms with van der Waals surface area (Å²) in [6.07, 6.45) is 1.48. The summed E-state index contributed by atoms with van der Waals surface area (Å²) in [7, 11) is 0. The Kier molecular flexibility index (Phi) is 5.60. The van der Waals surface area contributed by atoms with E-state index in [1.165, 1.54) is 0 Å². The first-order chi connectivity index (χ1) is 13.1. The minimum atomic E-state index is -2.59. The predicted octanol–water partition coefficient (Wildman–Crippen LogP) is 2.96. The van der Waals surface area contributed by atoms with Crippen LogP contribution in [0.2, 0.25) is 0 Å². The van der Waals surface area contributed by atoms with Gasteiger partial charge in [0.1, 0.15) is 6.54 Å². The topological polar surface area (TPSA) is 56.6 Å². The molecule has 0 aliphatic carbocycles. The molecule has 146 valence electrons. The largest absolute Gasteiger partial charge is 0.350 e. The van der Waals surface area contributed by atoms with Gasteiger partial charge in [0.15, 0.2) is 11.4 Å². The average molecular weight is 397 g/mol. The third kappa shape index (κ3) is 4.09. The van der Waals surface area contributed by atoms with Crippen molar-refractivity contribution < 1.29 is 23.0 Å². The molecule has 2 aromatic rings. The number of nitrogens with zero attached hydrogens (tertiary/aromatic N) is 3. The molecule has 1 aromatic carbocycles. The van der Waals surface area contributed by atoms with Gasteiger partial charge in [0.05, 0.1) is 24.2 Å². The first kappa shape index (κ1) is 18.6. The smallest absolute Gasteiger partial charge is 0.291 e. The van der Waals surface area contributed by atoms with Crippen molar-refractivity contribution in [3.8, 4) is 0 Å². The molecule has 27 heavy (non-hydrogen) atoms. The molecular formula is C18H21F2N3O3S. The Morgan fingerprint density at radius 2 is 1.93 bits per heavy atom. The van der Waals surface area contributed by atoms with Gasteiger partial charge in [0.2, 0.25) is 5.91 Å². The number of ether oxygens (including phenoxy) is 2. The van der Waals surface area contributed by atoms with Crippen LogP contribution in [0, 0.1) is 5.92 Å². The fourth-order valence-corrected chi connectivity index (χ4v) is 4.28. The quantitative estimate of drug-likeness (QED) is 0.726. The van der Waals surface area contributed by atoms with Crippen LogP contribution in [-0.4, -0.2) is 58.7 Å². The van der Waals surface area contributed by atoms with Gasteiger partial charge in [0, 0.05) is 19.0 Å². The summed E-state index contributed by atoms with van der Waals surface area (Å²) in [5.41, 5.74) is 1.30. The highest BCUT2D eigenvalue weighted by molar-refractivity contribution is 7.99. The van der Waals surface area contributed by atoms with Gasteiger partial charge in [-0.2, -0.15) is 8.78 Å². The summed E-state index contributed by atoms with van der Waals surface area (Å²) >= 11 is 0.371. The third-order valence-corrected chi connectivity index (χ3v) is 5.73. The molecule has 3 heterocycles. The van der Waals surface area contributed by atoms with E-state index in [9.17, 15) is 13.6 Å². The number of hydrogen-bond acceptors (Lipinski definition) is 5. The van der Waals surface area contributed by atoms with E-state index in [0.717, 1.165) is 12.8 Å². The number of carbonyl (C=O) groups is 1. The first-order valence-electron chi connectivity index (χ1n) is 9.03. The lowest BCUT2D eigenvalue weighted by molar-refractivity contribution is -0.137. The highest BCUT2D eigenvalue weighted by atomic mass is 32.2. The Hall–Kier alpha value is -1.71. The zero-order valence-electron chi connectivity index (χ0n) is 14.7. The van der Waals surface area contributed by atoms with Gasteiger partial charge in [-0.1, -0.05) is 12.1 Å². The van der Waals surface area contributed by atoms with Crippen molar-refractivity contribution in [2.24, 2.45) is 5.92 Å². The maximum absolute atomic E-state index is 12.9. The van der Waals surface area contributed by atoms with Crippen LogP contribution >= 0.6 is 11.8 Å². The van der Waals surface area contributed by atoms with E-state index < -0.39 is 5.76 Å². The van der Waals surface area contributed by atoms with Crippen LogP contribution in [0.1, 0.15) is 12.8 Å². The Balaban J connectivity index is 1.45. The molecule has 0 N–H and O–H groups in total. The van der Waals surface area contributed by atoms with Crippen LogP contribution in [0.5, 0.6) is 0 Å². The molecule has 2 aliphatic rings. The fraction of sp³-hybridized carbons (Fsp3) is 0.556. The van der Waals surface area contributed by atoms with Crippen molar-refractivity contribution in [2.75, 3.05) is 26.3 Å². The van der Waals surface area contributed by atoms with Crippen LogP contribution < -0.4 is 0 Å². The summed E-state index contributed by atoms with van der Waals surface area (Å²) in [4.78, 5) is 18.8. The molecule has 2 aliphatic heterocycles. The van der Waals surface area contributed by atoms with Gasteiger partial charge >= 0.3 is 0 Å². The van der Waals surface area contributed by atoms with E-state index in [4.69, 9.17) is 9.47 Å². The predicted molar refractivity (Wildman–Crippen MR) is 96.6 cm³/mol. The van der Waals surface area contributed by atoms with E-state index in [0.29, 0.717) is 55.0 Å². The number of para-hydroxylation sites is 2. The van der Waals surface area contributed by atoms with Crippen molar-refractivity contribution in [2.45, 2.75) is 36.6 Å². The first-order valence-corrected chi connectivity index (χ1v) is 9.91. The molecule has 1 amide bonds. The van der Waals surface area contributed by atoms with Crippen LogP contribution in [0.4, 0.5) is 8.78 Å². The van der Waals surface area contributed by atoms with Crippen molar-refractivity contribution in [1.82, 2.24) is 14.5 Å². The monoisotopic (exact) mass is 397 g/mol. The van der Waals surface area contributed by atoms with Gasteiger partial charge in [-0.15, -0.1) is 0 Å². The van der Waals surface area contributed by atoms with Crippen molar-refractivity contribution >= 4 is 28.7 Å². The van der Waals surface area contributed by atoms with Crippen LogP contribution in [-0.2, 0) is 20.8 Å². The lowest BCUT2D eigenvalue weighted by atomic mass is 9.96. The number of piperidine rings is 1. The maximum atomic E-state index is 12.9. The van der Waals surface area contributed by atoms with Gasteiger partial charge in [-0.05, 0) is 36.7 Å². The van der Waals surface area contributed by atoms with E-state index >= 15 is 0 Å². The summed E-state index contributed by atoms with van der Waals surface area (Å²) < 4.78 is 38.5. The van der Waals surface area contributed by atoms with Crippen molar-refractivity contribution in [1.29, 1.82) is 0 Å². The minimum Gasteiger partial charge on any atom is -0.350 e. The molecule has 2 saturated heterocycles. The number of rotatable bonds is 5. The number of alkyl halides is 2. The minimum absolute atomic E-state index is 0.0106. The lowest BCUT2D eigenvalue weighted by Gasteiger charge is -2.34. The molecule has 9 heteroatoms. The third-order valence-electron chi connectivity index (χ3n) is 5.03. The van der Waals surface area contributed by atoms with Crippen LogP contribution in [0.15, 0.2) is 29.4 Å². The zero-order chi connectivity index (χ0) is 18.8. The van der Waals surface area contributed by atoms with Crippen LogP contribution in [0.3, 0.4) is 0 Å². The van der Waals surface area contributed by atoms with Crippen molar-refractivity contribution in [3.05, 3.63) is 24.3 Å². The number of fused-ring (bicyclic) bond motifs is 1. The number of aromatic nitrogens is 2. The average Bonchev–Trinajstić information content (AvgIpc) is 3.30. The van der Waals surface area contributed by atoms with E-state index in [2.05, 4.69) is 4.98 Å². The number of imidazole rings is 1. The zero-order valence-corrected chi connectivity index (χ0v) is 15.5. The summed E-state index contributed by atoms with van der Waals surface area (Å²) in [5, 5.41) is 0.169. The molecule has 4 rings (SSSR count). The lowest BCUT2D eigenvalue weighted by Crippen LogP contribution is -2.42. The molecule has 0 radical (unpaired) electrons. The Morgan fingerprint density at radius 3 is 2.63 bits per heavy atom. The second-order valence-electron chi connectivity index (χ2n) is 6.68. The highest BCUT2D eigenvalue weighted by Gasteiger charge is 2.32. The molecule has 2 fully saturated rings. The second-order valence-corrected chi connectivity index (χ2v) is 7.63. The van der Waals surface area contributed by atoms with Gasteiger partial charge in [-0.25, -0.2) is 4.98 Å². The van der Waals surface area contributed by atoms with E-state index in [1.807, 2.05) is 6.07 Å². The Morgan fingerprint density at radius 1 is 1.22 bits per heavy atom. The summed E-state index contributed by atoms with van der Waals surface area (Å²) in [6.45, 7) is 2.51. The van der Waals surface area contributed by atoms with E-state index in [1.54, 1.807) is 27.7 Å².